The average molecular weight is 255 g/mol. The van der Waals surface area contributed by atoms with Gasteiger partial charge in [0.2, 0.25) is 0 Å². The Morgan fingerprint density at radius 2 is 2.12 bits per heavy atom. The van der Waals surface area contributed by atoms with Crippen molar-refractivity contribution in [3.63, 3.8) is 0 Å². The highest BCUT2D eigenvalue weighted by atomic mass is 32.1. The molecule has 0 aliphatic carbocycles. The van der Waals surface area contributed by atoms with Gasteiger partial charge in [0, 0.05) is 12.9 Å². The van der Waals surface area contributed by atoms with Gasteiger partial charge in [-0.25, -0.2) is 4.79 Å². The lowest BCUT2D eigenvalue weighted by molar-refractivity contribution is 0.124. The molecule has 1 aromatic rings. The summed E-state index contributed by atoms with van der Waals surface area (Å²) in [4.78, 5) is 11.4. The second-order valence-corrected chi connectivity index (χ2v) is 3.91. The van der Waals surface area contributed by atoms with Gasteiger partial charge in [0.25, 0.3) is 0 Å². The standard InChI is InChI=1S/C12H17NO3S/c1-15-8-11(9-17)13-12(14)16-7-10-5-3-2-4-6-10/h2-6,11,17H,7-9H2,1H3,(H,13,14)/t11-/m0/s1. The Bertz CT molecular complexity index is 332. The molecule has 0 saturated heterocycles. The number of alkyl carbamates (subject to hydrolysis) is 1. The molecule has 0 fully saturated rings. The Labute approximate surface area is 107 Å². The van der Waals surface area contributed by atoms with E-state index in [0.29, 0.717) is 12.4 Å². The molecule has 0 saturated carbocycles. The van der Waals surface area contributed by atoms with Crippen LogP contribution in [0.15, 0.2) is 30.3 Å². The molecule has 1 atom stereocenters. The molecule has 17 heavy (non-hydrogen) atoms. The van der Waals surface area contributed by atoms with Crippen LogP contribution in [-0.4, -0.2) is 31.6 Å². The first-order chi connectivity index (χ1) is 8.26. The third-order valence-electron chi connectivity index (χ3n) is 2.12. The molecule has 1 amide bonds. The van der Waals surface area contributed by atoms with Crippen LogP contribution in [0.3, 0.4) is 0 Å². The summed E-state index contributed by atoms with van der Waals surface area (Å²) in [7, 11) is 1.58. The van der Waals surface area contributed by atoms with Crippen LogP contribution < -0.4 is 5.32 Å². The molecule has 1 aromatic carbocycles. The minimum atomic E-state index is -0.454. The molecule has 0 radical (unpaired) electrons. The molecule has 5 heteroatoms. The molecular formula is C12H17NO3S. The van der Waals surface area contributed by atoms with Gasteiger partial charge < -0.3 is 14.8 Å². The summed E-state index contributed by atoms with van der Waals surface area (Å²) in [5.74, 6) is 0.508. The molecular weight excluding hydrogens is 238 g/mol. The zero-order chi connectivity index (χ0) is 12.5. The highest BCUT2D eigenvalue weighted by molar-refractivity contribution is 7.80. The van der Waals surface area contributed by atoms with Crippen molar-refractivity contribution in [1.82, 2.24) is 5.32 Å². The lowest BCUT2D eigenvalue weighted by Crippen LogP contribution is -2.39. The molecule has 0 aliphatic heterocycles. The largest absolute Gasteiger partial charge is 0.445 e. The Hall–Kier alpha value is -1.20. The summed E-state index contributed by atoms with van der Waals surface area (Å²) in [6, 6.07) is 9.39. The van der Waals surface area contributed by atoms with Crippen molar-refractivity contribution in [3.05, 3.63) is 35.9 Å². The number of ether oxygens (including phenoxy) is 2. The zero-order valence-corrected chi connectivity index (χ0v) is 10.7. The molecule has 0 aliphatic rings. The molecule has 4 nitrogen and oxygen atoms in total. The van der Waals surface area contributed by atoms with Crippen molar-refractivity contribution in [2.75, 3.05) is 19.5 Å². The summed E-state index contributed by atoms with van der Waals surface area (Å²) in [6.45, 7) is 0.683. The van der Waals surface area contributed by atoms with Gasteiger partial charge in [-0.15, -0.1) is 0 Å². The summed E-state index contributed by atoms with van der Waals surface area (Å²) < 4.78 is 10.0. The quantitative estimate of drug-likeness (QED) is 0.763. The number of benzene rings is 1. The first-order valence-corrected chi connectivity index (χ1v) is 5.96. The van der Waals surface area contributed by atoms with Crippen LogP contribution in [0.25, 0.3) is 0 Å². The maximum atomic E-state index is 11.4. The van der Waals surface area contributed by atoms with Gasteiger partial charge in [-0.3, -0.25) is 0 Å². The molecule has 1 N–H and O–H groups in total. The first kappa shape index (κ1) is 13.9. The van der Waals surface area contributed by atoms with Crippen molar-refractivity contribution in [3.8, 4) is 0 Å². The normalized spacial score (nSPS) is 11.9. The van der Waals surface area contributed by atoms with Crippen LogP contribution >= 0.6 is 12.6 Å². The van der Waals surface area contributed by atoms with Crippen LogP contribution in [-0.2, 0) is 16.1 Å². The summed E-state index contributed by atoms with van der Waals surface area (Å²) >= 11 is 4.11. The molecule has 0 aromatic heterocycles. The summed E-state index contributed by atoms with van der Waals surface area (Å²) in [6.07, 6.45) is -0.454. The van der Waals surface area contributed by atoms with E-state index >= 15 is 0 Å². The van der Waals surface area contributed by atoms with Gasteiger partial charge in [-0.2, -0.15) is 12.6 Å². The number of carbonyl (C=O) groups is 1. The number of thiol groups is 1. The number of amides is 1. The molecule has 0 spiro atoms. The van der Waals surface area contributed by atoms with Gasteiger partial charge >= 0.3 is 6.09 Å². The van der Waals surface area contributed by atoms with Crippen molar-refractivity contribution >= 4 is 18.7 Å². The molecule has 0 heterocycles. The fraction of sp³-hybridized carbons (Fsp3) is 0.417. The number of hydrogen-bond acceptors (Lipinski definition) is 4. The van der Waals surface area contributed by atoms with E-state index in [1.807, 2.05) is 30.3 Å². The number of methoxy groups -OCH3 is 1. The Morgan fingerprint density at radius 3 is 2.71 bits per heavy atom. The smallest absolute Gasteiger partial charge is 0.407 e. The van der Waals surface area contributed by atoms with Gasteiger partial charge in [0.05, 0.1) is 12.6 Å². The molecule has 1 rings (SSSR count). The summed E-state index contributed by atoms with van der Waals surface area (Å²) in [5.41, 5.74) is 0.955. The Morgan fingerprint density at radius 1 is 1.41 bits per heavy atom. The maximum Gasteiger partial charge on any atom is 0.407 e. The van der Waals surface area contributed by atoms with Crippen LogP contribution in [0.5, 0.6) is 0 Å². The lowest BCUT2D eigenvalue weighted by atomic mass is 10.2. The van der Waals surface area contributed by atoms with Gasteiger partial charge in [0.15, 0.2) is 0 Å². The minimum Gasteiger partial charge on any atom is -0.445 e. The highest BCUT2D eigenvalue weighted by Crippen LogP contribution is 2.01. The van der Waals surface area contributed by atoms with E-state index < -0.39 is 6.09 Å². The maximum absolute atomic E-state index is 11.4. The number of rotatable bonds is 6. The number of nitrogens with one attached hydrogen (secondary N) is 1. The summed E-state index contributed by atoms with van der Waals surface area (Å²) in [5, 5.41) is 2.68. The lowest BCUT2D eigenvalue weighted by Gasteiger charge is -2.15. The van der Waals surface area contributed by atoms with Crippen molar-refractivity contribution in [1.29, 1.82) is 0 Å². The minimum absolute atomic E-state index is 0.133. The predicted molar refractivity (Wildman–Crippen MR) is 69.3 cm³/mol. The Kier molecular flexibility index (Phi) is 6.50. The second kappa shape index (κ2) is 7.97. The third kappa shape index (κ3) is 5.60. The highest BCUT2D eigenvalue weighted by Gasteiger charge is 2.11. The number of carbonyl (C=O) groups excluding carboxylic acids is 1. The Balaban J connectivity index is 2.30. The predicted octanol–water partition coefficient (Wildman–Crippen LogP) is 1.86. The van der Waals surface area contributed by atoms with Gasteiger partial charge in [-0.1, -0.05) is 30.3 Å². The molecule has 0 bridgehead atoms. The van der Waals surface area contributed by atoms with E-state index in [9.17, 15) is 4.79 Å². The van der Waals surface area contributed by atoms with E-state index in [-0.39, 0.29) is 12.6 Å². The third-order valence-corrected chi connectivity index (χ3v) is 2.56. The van der Waals surface area contributed by atoms with Crippen LogP contribution in [0.1, 0.15) is 5.56 Å². The number of hydrogen-bond donors (Lipinski definition) is 2. The van der Waals surface area contributed by atoms with E-state index in [0.717, 1.165) is 5.56 Å². The zero-order valence-electron chi connectivity index (χ0n) is 9.76. The SMILES string of the molecule is COC[C@@H](CS)NC(=O)OCc1ccccc1. The first-order valence-electron chi connectivity index (χ1n) is 5.33. The van der Waals surface area contributed by atoms with Crippen molar-refractivity contribution in [2.24, 2.45) is 0 Å². The second-order valence-electron chi connectivity index (χ2n) is 3.54. The van der Waals surface area contributed by atoms with Gasteiger partial charge in [0.1, 0.15) is 6.61 Å². The average Bonchev–Trinajstić information content (AvgIpc) is 2.37. The van der Waals surface area contributed by atoms with Crippen LogP contribution in [0, 0.1) is 0 Å². The van der Waals surface area contributed by atoms with Crippen LogP contribution in [0.2, 0.25) is 0 Å². The fourth-order valence-corrected chi connectivity index (χ4v) is 1.47. The van der Waals surface area contributed by atoms with E-state index in [4.69, 9.17) is 9.47 Å². The van der Waals surface area contributed by atoms with E-state index in [2.05, 4.69) is 17.9 Å². The molecule has 0 unspecified atom stereocenters. The van der Waals surface area contributed by atoms with Gasteiger partial charge in [-0.05, 0) is 5.56 Å². The van der Waals surface area contributed by atoms with E-state index in [1.165, 1.54) is 0 Å². The monoisotopic (exact) mass is 255 g/mol. The van der Waals surface area contributed by atoms with Crippen LogP contribution in [0.4, 0.5) is 4.79 Å². The molecule has 94 valence electrons. The van der Waals surface area contributed by atoms with E-state index in [1.54, 1.807) is 7.11 Å². The topological polar surface area (TPSA) is 47.6 Å². The van der Waals surface area contributed by atoms with Crippen molar-refractivity contribution in [2.45, 2.75) is 12.6 Å². The fourth-order valence-electron chi connectivity index (χ4n) is 1.27. The van der Waals surface area contributed by atoms with Crippen molar-refractivity contribution < 1.29 is 14.3 Å².